The molecular formula is C19H22ClN5O2. The number of nitrogens with zero attached hydrogens (tertiary/aromatic N) is 4. The number of hydrogen-bond donors (Lipinski definition) is 1. The summed E-state index contributed by atoms with van der Waals surface area (Å²) < 4.78 is 0. The van der Waals surface area contributed by atoms with Crippen molar-refractivity contribution >= 4 is 35.1 Å². The lowest BCUT2D eigenvalue weighted by Gasteiger charge is -2.34. The molecule has 1 aromatic carbocycles. The van der Waals surface area contributed by atoms with Crippen molar-refractivity contribution in [2.75, 3.05) is 31.5 Å². The van der Waals surface area contributed by atoms with Gasteiger partial charge in [-0.1, -0.05) is 17.7 Å². The molecule has 1 aliphatic heterocycles. The van der Waals surface area contributed by atoms with Gasteiger partial charge in [-0.3, -0.25) is 9.59 Å². The molecular weight excluding hydrogens is 366 g/mol. The summed E-state index contributed by atoms with van der Waals surface area (Å²) in [6, 6.07) is 7.22. The average Bonchev–Trinajstić information content (AvgIpc) is 2.64. The van der Waals surface area contributed by atoms with Crippen molar-refractivity contribution in [1.82, 2.24) is 19.8 Å². The zero-order valence-corrected chi connectivity index (χ0v) is 16.4. The number of aromatic nitrogens is 2. The van der Waals surface area contributed by atoms with Gasteiger partial charge in [-0.25, -0.2) is 9.97 Å². The largest absolute Gasteiger partial charge is 0.339 e. The fraction of sp³-hybridized carbons (Fsp3) is 0.368. The minimum absolute atomic E-state index is 0.0309. The van der Waals surface area contributed by atoms with E-state index in [4.69, 9.17) is 11.6 Å². The fourth-order valence-corrected chi connectivity index (χ4v) is 3.16. The zero-order chi connectivity index (χ0) is 19.6. The van der Waals surface area contributed by atoms with Gasteiger partial charge in [0.1, 0.15) is 5.69 Å². The topological polar surface area (TPSA) is 78.4 Å². The van der Waals surface area contributed by atoms with Gasteiger partial charge >= 0.3 is 0 Å². The number of piperazine rings is 1. The molecule has 0 spiro atoms. The number of rotatable bonds is 3. The van der Waals surface area contributed by atoms with Gasteiger partial charge in [0, 0.05) is 49.5 Å². The second-order valence-electron chi connectivity index (χ2n) is 6.55. The van der Waals surface area contributed by atoms with Gasteiger partial charge in [0.25, 0.3) is 5.91 Å². The maximum absolute atomic E-state index is 12.8. The Hall–Kier alpha value is -2.67. The molecule has 0 radical (unpaired) electrons. The molecule has 2 amide bonds. The summed E-state index contributed by atoms with van der Waals surface area (Å²) in [7, 11) is 0. The van der Waals surface area contributed by atoms with E-state index in [2.05, 4.69) is 15.3 Å². The van der Waals surface area contributed by atoms with E-state index in [0.717, 1.165) is 11.3 Å². The maximum atomic E-state index is 12.8. The van der Waals surface area contributed by atoms with Crippen molar-refractivity contribution < 1.29 is 9.59 Å². The molecule has 3 rings (SSSR count). The van der Waals surface area contributed by atoms with Crippen molar-refractivity contribution in [2.24, 2.45) is 0 Å². The Balaban J connectivity index is 1.78. The van der Waals surface area contributed by atoms with Crippen LogP contribution in [0.2, 0.25) is 5.02 Å². The van der Waals surface area contributed by atoms with Crippen molar-refractivity contribution in [1.29, 1.82) is 0 Å². The number of hydrogen-bond acceptors (Lipinski definition) is 5. The first-order valence-electron chi connectivity index (χ1n) is 8.78. The summed E-state index contributed by atoms with van der Waals surface area (Å²) in [6.45, 7) is 7.34. The molecule has 0 unspecified atom stereocenters. The first-order valence-corrected chi connectivity index (χ1v) is 9.15. The van der Waals surface area contributed by atoms with E-state index in [-0.39, 0.29) is 11.8 Å². The molecule has 7 nitrogen and oxygen atoms in total. The maximum Gasteiger partial charge on any atom is 0.272 e. The molecule has 8 heteroatoms. The number of carbonyl (C=O) groups is 2. The number of halogens is 1. The van der Waals surface area contributed by atoms with Crippen molar-refractivity contribution in [3.8, 4) is 0 Å². The van der Waals surface area contributed by atoms with Crippen LogP contribution < -0.4 is 5.32 Å². The first kappa shape index (κ1) is 19.1. The molecule has 1 N–H and O–H groups in total. The van der Waals surface area contributed by atoms with Crippen LogP contribution in [0.5, 0.6) is 0 Å². The van der Waals surface area contributed by atoms with E-state index in [1.54, 1.807) is 22.8 Å². The average molecular weight is 388 g/mol. The van der Waals surface area contributed by atoms with Gasteiger partial charge in [0.15, 0.2) is 0 Å². The second kappa shape index (κ2) is 7.92. The molecule has 0 atom stereocenters. The Morgan fingerprint density at radius 2 is 1.74 bits per heavy atom. The van der Waals surface area contributed by atoms with Crippen LogP contribution in [0.4, 0.5) is 11.6 Å². The van der Waals surface area contributed by atoms with Crippen LogP contribution in [0.25, 0.3) is 0 Å². The molecule has 2 aromatic rings. The van der Waals surface area contributed by atoms with E-state index in [0.29, 0.717) is 48.5 Å². The van der Waals surface area contributed by atoms with Crippen LogP contribution >= 0.6 is 11.6 Å². The summed E-state index contributed by atoms with van der Waals surface area (Å²) in [4.78, 5) is 36.5. The molecule has 27 heavy (non-hydrogen) atoms. The second-order valence-corrected chi connectivity index (χ2v) is 6.96. The lowest BCUT2D eigenvalue weighted by Crippen LogP contribution is -2.50. The quantitative estimate of drug-likeness (QED) is 0.876. The zero-order valence-electron chi connectivity index (χ0n) is 15.6. The SMILES string of the molecule is CC(=O)N1CCN(C(=O)c2cc(C)nc(Nc3cccc(Cl)c3C)n2)CC1. The smallest absolute Gasteiger partial charge is 0.272 e. The number of carbonyl (C=O) groups excluding carboxylic acids is 2. The van der Waals surface area contributed by atoms with Crippen LogP contribution in [0.1, 0.15) is 28.7 Å². The molecule has 1 saturated heterocycles. The van der Waals surface area contributed by atoms with Crippen molar-refractivity contribution in [2.45, 2.75) is 20.8 Å². The highest BCUT2D eigenvalue weighted by molar-refractivity contribution is 6.31. The molecule has 1 aromatic heterocycles. The van der Waals surface area contributed by atoms with Crippen molar-refractivity contribution in [3.63, 3.8) is 0 Å². The van der Waals surface area contributed by atoms with Crippen LogP contribution in [-0.4, -0.2) is 57.8 Å². The molecule has 2 heterocycles. The Labute approximate surface area is 163 Å². The van der Waals surface area contributed by atoms with Gasteiger partial charge in [-0.2, -0.15) is 0 Å². The summed E-state index contributed by atoms with van der Waals surface area (Å²) in [6.07, 6.45) is 0. The van der Waals surface area contributed by atoms with E-state index < -0.39 is 0 Å². The van der Waals surface area contributed by atoms with Crippen LogP contribution in [0, 0.1) is 13.8 Å². The summed E-state index contributed by atoms with van der Waals surface area (Å²) >= 11 is 6.16. The van der Waals surface area contributed by atoms with Gasteiger partial charge < -0.3 is 15.1 Å². The highest BCUT2D eigenvalue weighted by atomic mass is 35.5. The monoisotopic (exact) mass is 387 g/mol. The number of anilines is 2. The molecule has 0 saturated carbocycles. The Morgan fingerprint density at radius 3 is 2.41 bits per heavy atom. The third-order valence-electron chi connectivity index (χ3n) is 4.60. The number of benzene rings is 1. The van der Waals surface area contributed by atoms with E-state index in [1.807, 2.05) is 32.0 Å². The molecule has 0 aliphatic carbocycles. The lowest BCUT2D eigenvalue weighted by atomic mass is 10.2. The first-order chi connectivity index (χ1) is 12.8. The Bertz CT molecular complexity index is 878. The Morgan fingerprint density at radius 1 is 1.07 bits per heavy atom. The van der Waals surface area contributed by atoms with Gasteiger partial charge in [-0.15, -0.1) is 0 Å². The number of amides is 2. The third-order valence-corrected chi connectivity index (χ3v) is 5.01. The van der Waals surface area contributed by atoms with Gasteiger partial charge in [0.05, 0.1) is 0 Å². The van der Waals surface area contributed by atoms with E-state index in [1.165, 1.54) is 0 Å². The third kappa shape index (κ3) is 4.36. The number of aryl methyl sites for hydroxylation is 1. The highest BCUT2D eigenvalue weighted by Gasteiger charge is 2.24. The molecule has 1 fully saturated rings. The predicted molar refractivity (Wildman–Crippen MR) is 104 cm³/mol. The fourth-order valence-electron chi connectivity index (χ4n) is 2.98. The van der Waals surface area contributed by atoms with Crippen LogP contribution in [-0.2, 0) is 4.79 Å². The molecule has 1 aliphatic rings. The minimum atomic E-state index is -0.158. The Kier molecular flexibility index (Phi) is 5.60. The lowest BCUT2D eigenvalue weighted by molar-refractivity contribution is -0.130. The van der Waals surface area contributed by atoms with Crippen LogP contribution in [0.15, 0.2) is 24.3 Å². The summed E-state index contributed by atoms with van der Waals surface area (Å²) in [5, 5.41) is 3.79. The molecule has 0 bridgehead atoms. The van der Waals surface area contributed by atoms with Gasteiger partial charge in [0.2, 0.25) is 11.9 Å². The normalized spacial score (nSPS) is 14.2. The number of nitrogens with one attached hydrogen (secondary N) is 1. The summed E-state index contributed by atoms with van der Waals surface area (Å²) in [5.41, 5.74) is 2.71. The predicted octanol–water partition coefficient (Wildman–Crippen LogP) is 2.79. The van der Waals surface area contributed by atoms with Crippen LogP contribution in [0.3, 0.4) is 0 Å². The van der Waals surface area contributed by atoms with E-state index >= 15 is 0 Å². The highest BCUT2D eigenvalue weighted by Crippen LogP contribution is 2.25. The molecule has 142 valence electrons. The van der Waals surface area contributed by atoms with E-state index in [9.17, 15) is 9.59 Å². The minimum Gasteiger partial charge on any atom is -0.339 e. The standard InChI is InChI=1S/C19H22ClN5O2/c1-12-11-17(18(27)25-9-7-24(8-10-25)14(3)26)23-19(21-12)22-16-6-4-5-15(20)13(16)2/h4-6,11H,7-10H2,1-3H3,(H,21,22,23). The van der Waals surface area contributed by atoms with Gasteiger partial charge in [-0.05, 0) is 37.6 Å². The van der Waals surface area contributed by atoms with Crippen molar-refractivity contribution in [3.05, 3.63) is 46.2 Å². The summed E-state index contributed by atoms with van der Waals surface area (Å²) in [5.74, 6) is 0.226.